The predicted octanol–water partition coefficient (Wildman–Crippen LogP) is 0.469. The second kappa shape index (κ2) is 3.81. The van der Waals surface area contributed by atoms with Gasteiger partial charge in [-0.2, -0.15) is 5.10 Å². The third kappa shape index (κ3) is 1.71. The van der Waals surface area contributed by atoms with Crippen molar-refractivity contribution in [2.75, 3.05) is 6.61 Å². The summed E-state index contributed by atoms with van der Waals surface area (Å²) in [4.78, 5) is 11.5. The van der Waals surface area contributed by atoms with Crippen LogP contribution < -0.4 is 5.69 Å². The van der Waals surface area contributed by atoms with Crippen LogP contribution in [-0.2, 0) is 5.54 Å². The van der Waals surface area contributed by atoms with E-state index in [4.69, 9.17) is 0 Å². The van der Waals surface area contributed by atoms with Gasteiger partial charge < -0.3 is 5.11 Å². The van der Waals surface area contributed by atoms with E-state index in [1.807, 2.05) is 0 Å². The molecule has 1 aromatic rings. The van der Waals surface area contributed by atoms with E-state index in [-0.39, 0.29) is 12.3 Å². The Labute approximate surface area is 88.1 Å². The van der Waals surface area contributed by atoms with E-state index < -0.39 is 5.54 Å². The topological polar surface area (TPSA) is 70.9 Å². The van der Waals surface area contributed by atoms with Gasteiger partial charge in [0.25, 0.3) is 0 Å². The van der Waals surface area contributed by atoms with Crippen LogP contribution in [-0.4, -0.2) is 26.5 Å². The summed E-state index contributed by atoms with van der Waals surface area (Å²) in [5.41, 5.74) is -0.644. The molecule has 0 aliphatic heterocycles. The Morgan fingerprint density at radius 3 is 2.80 bits per heavy atom. The summed E-state index contributed by atoms with van der Waals surface area (Å²) in [5.74, 6) is 0.687. The highest BCUT2D eigenvalue weighted by atomic mass is 16.3. The Morgan fingerprint density at radius 2 is 2.33 bits per heavy atom. The summed E-state index contributed by atoms with van der Waals surface area (Å²) >= 11 is 0. The zero-order chi connectivity index (χ0) is 10.9. The highest BCUT2D eigenvalue weighted by Crippen LogP contribution is 2.36. The maximum absolute atomic E-state index is 11.5. The fourth-order valence-electron chi connectivity index (χ4n) is 2.36. The first kappa shape index (κ1) is 10.4. The van der Waals surface area contributed by atoms with Crippen LogP contribution in [0.4, 0.5) is 0 Å². The Bertz CT molecular complexity index is 374. The highest BCUT2D eigenvalue weighted by molar-refractivity contribution is 4.92. The summed E-state index contributed by atoms with van der Waals surface area (Å²) in [6, 6.07) is 0. The van der Waals surface area contributed by atoms with Crippen LogP contribution in [0, 0.1) is 5.92 Å². The van der Waals surface area contributed by atoms with Gasteiger partial charge in [-0.25, -0.2) is 9.89 Å². The minimum Gasteiger partial charge on any atom is -0.394 e. The molecule has 15 heavy (non-hydrogen) atoms. The Hall–Kier alpha value is -1.10. The van der Waals surface area contributed by atoms with Crippen LogP contribution >= 0.6 is 0 Å². The van der Waals surface area contributed by atoms with Gasteiger partial charge in [0.05, 0.1) is 12.1 Å². The number of aromatic amines is 1. The van der Waals surface area contributed by atoms with Crippen LogP contribution in [0.3, 0.4) is 0 Å². The molecule has 0 unspecified atom stereocenters. The molecule has 0 saturated heterocycles. The van der Waals surface area contributed by atoms with E-state index in [1.165, 1.54) is 6.33 Å². The average Bonchev–Trinajstić information content (AvgIpc) is 2.67. The van der Waals surface area contributed by atoms with E-state index >= 15 is 0 Å². The minimum absolute atomic E-state index is 0.0131. The molecule has 0 radical (unpaired) electrons. The first-order valence-electron chi connectivity index (χ1n) is 5.41. The molecule has 0 amide bonds. The smallest absolute Gasteiger partial charge is 0.343 e. The van der Waals surface area contributed by atoms with Gasteiger partial charge in [0.15, 0.2) is 0 Å². The van der Waals surface area contributed by atoms with E-state index in [2.05, 4.69) is 17.1 Å². The standard InChI is InChI=1S/C10H17N3O2/c1-8-2-4-10(6-14,5-3-8)13-7-11-12-9(13)15/h7-8,14H,2-6H2,1H3,(H,12,15). The van der Waals surface area contributed by atoms with Crippen molar-refractivity contribution in [2.45, 2.75) is 38.1 Å². The van der Waals surface area contributed by atoms with Crippen LogP contribution in [0.1, 0.15) is 32.6 Å². The molecule has 5 heteroatoms. The molecule has 1 fully saturated rings. The molecule has 1 heterocycles. The Balaban J connectivity index is 2.30. The lowest BCUT2D eigenvalue weighted by Crippen LogP contribution is -2.45. The van der Waals surface area contributed by atoms with Gasteiger partial charge >= 0.3 is 5.69 Å². The molecule has 2 N–H and O–H groups in total. The number of nitrogens with zero attached hydrogens (tertiary/aromatic N) is 2. The van der Waals surface area contributed by atoms with E-state index in [1.54, 1.807) is 4.57 Å². The van der Waals surface area contributed by atoms with E-state index in [0.29, 0.717) is 5.92 Å². The SMILES string of the molecule is CC1CCC(CO)(n2cn[nH]c2=O)CC1. The summed E-state index contributed by atoms with van der Waals surface area (Å²) in [6.07, 6.45) is 5.30. The molecule has 5 nitrogen and oxygen atoms in total. The van der Waals surface area contributed by atoms with Crippen molar-refractivity contribution < 1.29 is 5.11 Å². The number of aromatic nitrogens is 3. The van der Waals surface area contributed by atoms with Gasteiger partial charge in [-0.3, -0.25) is 4.57 Å². The van der Waals surface area contributed by atoms with Gasteiger partial charge in [0.1, 0.15) is 6.33 Å². The summed E-state index contributed by atoms with van der Waals surface area (Å²) < 4.78 is 1.55. The Morgan fingerprint density at radius 1 is 1.67 bits per heavy atom. The van der Waals surface area contributed by atoms with Crippen molar-refractivity contribution in [1.29, 1.82) is 0 Å². The molecule has 0 atom stereocenters. The quantitative estimate of drug-likeness (QED) is 0.747. The van der Waals surface area contributed by atoms with Crippen LogP contribution in [0.5, 0.6) is 0 Å². The molecule has 2 rings (SSSR count). The van der Waals surface area contributed by atoms with E-state index in [9.17, 15) is 9.90 Å². The molecular formula is C10H17N3O2. The summed E-state index contributed by atoms with van der Waals surface area (Å²) in [7, 11) is 0. The normalized spacial score (nSPS) is 31.7. The largest absolute Gasteiger partial charge is 0.394 e. The number of rotatable bonds is 2. The van der Waals surface area contributed by atoms with Gasteiger partial charge in [-0.15, -0.1) is 0 Å². The molecule has 84 valence electrons. The molecule has 0 aromatic carbocycles. The number of H-pyrrole nitrogens is 1. The maximum Gasteiger partial charge on any atom is 0.343 e. The zero-order valence-electron chi connectivity index (χ0n) is 8.94. The average molecular weight is 211 g/mol. The van der Waals surface area contributed by atoms with Crippen LogP contribution in [0.2, 0.25) is 0 Å². The number of hydrogen-bond acceptors (Lipinski definition) is 3. The third-order valence-electron chi connectivity index (χ3n) is 3.56. The van der Waals surface area contributed by atoms with Crippen molar-refractivity contribution in [3.05, 3.63) is 16.8 Å². The van der Waals surface area contributed by atoms with Gasteiger partial charge in [-0.05, 0) is 31.6 Å². The molecule has 0 bridgehead atoms. The van der Waals surface area contributed by atoms with Crippen molar-refractivity contribution in [1.82, 2.24) is 14.8 Å². The zero-order valence-corrected chi connectivity index (χ0v) is 8.94. The maximum atomic E-state index is 11.5. The van der Waals surface area contributed by atoms with Gasteiger partial charge in [0.2, 0.25) is 0 Å². The van der Waals surface area contributed by atoms with E-state index in [0.717, 1.165) is 25.7 Å². The molecule has 1 aliphatic carbocycles. The minimum atomic E-state index is -0.420. The van der Waals surface area contributed by atoms with Crippen molar-refractivity contribution in [2.24, 2.45) is 5.92 Å². The van der Waals surface area contributed by atoms with Gasteiger partial charge in [0, 0.05) is 0 Å². The van der Waals surface area contributed by atoms with Crippen molar-refractivity contribution >= 4 is 0 Å². The summed E-state index contributed by atoms with van der Waals surface area (Å²) in [6.45, 7) is 2.22. The predicted molar refractivity (Wildman–Crippen MR) is 55.5 cm³/mol. The van der Waals surface area contributed by atoms with Crippen molar-refractivity contribution in [3.63, 3.8) is 0 Å². The number of hydrogen-bond donors (Lipinski definition) is 2. The highest BCUT2D eigenvalue weighted by Gasteiger charge is 2.36. The van der Waals surface area contributed by atoms with Crippen LogP contribution in [0.25, 0.3) is 0 Å². The molecule has 1 aromatic heterocycles. The molecule has 1 aliphatic rings. The second-order valence-corrected chi connectivity index (χ2v) is 4.60. The number of aliphatic hydroxyl groups excluding tert-OH is 1. The monoisotopic (exact) mass is 211 g/mol. The molecule has 1 saturated carbocycles. The lowest BCUT2D eigenvalue weighted by Gasteiger charge is -2.38. The fourth-order valence-corrected chi connectivity index (χ4v) is 2.36. The molecule has 0 spiro atoms. The first-order valence-corrected chi connectivity index (χ1v) is 5.41. The lowest BCUT2D eigenvalue weighted by atomic mass is 9.77. The number of aliphatic hydroxyl groups is 1. The first-order chi connectivity index (χ1) is 7.18. The van der Waals surface area contributed by atoms with Gasteiger partial charge in [-0.1, -0.05) is 6.92 Å². The third-order valence-corrected chi connectivity index (χ3v) is 3.56. The van der Waals surface area contributed by atoms with Crippen LogP contribution in [0.15, 0.2) is 11.1 Å². The second-order valence-electron chi connectivity index (χ2n) is 4.60. The summed E-state index contributed by atoms with van der Waals surface area (Å²) in [5, 5.41) is 15.6. The lowest BCUT2D eigenvalue weighted by molar-refractivity contribution is 0.0728. The fraction of sp³-hybridized carbons (Fsp3) is 0.800. The number of nitrogens with one attached hydrogen (secondary N) is 1. The molecular weight excluding hydrogens is 194 g/mol. The Kier molecular flexibility index (Phi) is 2.65. The van der Waals surface area contributed by atoms with Crippen molar-refractivity contribution in [3.8, 4) is 0 Å².